The number of fused-ring (bicyclic) bond motifs is 3. The van der Waals surface area contributed by atoms with Crippen LogP contribution in [0.2, 0.25) is 0 Å². The van der Waals surface area contributed by atoms with Crippen molar-refractivity contribution in [1.82, 2.24) is 19.2 Å². The summed E-state index contributed by atoms with van der Waals surface area (Å²) in [5, 5.41) is 20.8. The lowest BCUT2D eigenvalue weighted by atomic mass is 10.2. The first-order chi connectivity index (χ1) is 17.6. The van der Waals surface area contributed by atoms with Gasteiger partial charge in [0.2, 0.25) is 11.7 Å². The fraction of sp³-hybridized carbons (Fsp3) is 0.0769. The summed E-state index contributed by atoms with van der Waals surface area (Å²) in [4.78, 5) is 25.5. The van der Waals surface area contributed by atoms with Crippen LogP contribution in [0.5, 0.6) is 0 Å². The van der Waals surface area contributed by atoms with Crippen molar-refractivity contribution in [1.29, 1.82) is 0 Å². The molecule has 5 aromatic rings. The number of amides is 1. The van der Waals surface area contributed by atoms with Crippen LogP contribution < -0.4 is 10.9 Å². The summed E-state index contributed by atoms with van der Waals surface area (Å²) in [6.45, 7) is 4.04. The molecule has 0 aliphatic carbocycles. The third kappa shape index (κ3) is 4.80. The Hall–Kier alpha value is -4.57. The molecule has 1 amide bonds. The fourth-order valence-electron chi connectivity index (χ4n) is 3.67. The highest BCUT2D eigenvalue weighted by Crippen LogP contribution is 2.23. The van der Waals surface area contributed by atoms with Gasteiger partial charge in [-0.05, 0) is 48.5 Å². The van der Waals surface area contributed by atoms with Gasteiger partial charge >= 0.3 is 0 Å². The van der Waals surface area contributed by atoms with Gasteiger partial charge in [0.1, 0.15) is 0 Å². The fourth-order valence-corrected chi connectivity index (χ4v) is 4.41. The molecule has 0 saturated heterocycles. The van der Waals surface area contributed by atoms with Gasteiger partial charge in [0.25, 0.3) is 5.56 Å². The van der Waals surface area contributed by atoms with E-state index < -0.39 is 0 Å². The summed E-state index contributed by atoms with van der Waals surface area (Å²) in [6, 6.07) is 23.8. The van der Waals surface area contributed by atoms with Crippen LogP contribution in [-0.2, 0) is 11.3 Å². The molecule has 0 radical (unpaired) electrons. The topological polar surface area (TPSA) is 106 Å². The first-order valence-corrected chi connectivity index (χ1v) is 12.1. The SMILES string of the molecule is C=CCn1c(=O)c2ccccc2n2c(SCC(=O)Nc3ccc(N=Nc4ccccc4)cc3)nnc12. The minimum Gasteiger partial charge on any atom is -0.325 e. The summed E-state index contributed by atoms with van der Waals surface area (Å²) in [5.41, 5.74) is 2.62. The number of anilines is 1. The molecular formula is C26H21N7O2S. The third-order valence-corrected chi connectivity index (χ3v) is 6.24. The van der Waals surface area contributed by atoms with Crippen LogP contribution in [0.15, 0.2) is 112 Å². The highest BCUT2D eigenvalue weighted by Gasteiger charge is 2.17. The Balaban J connectivity index is 1.30. The second-order valence-electron chi connectivity index (χ2n) is 7.76. The van der Waals surface area contributed by atoms with Gasteiger partial charge in [-0.3, -0.25) is 18.6 Å². The number of aromatic nitrogens is 4. The summed E-state index contributed by atoms with van der Waals surface area (Å²) in [7, 11) is 0. The second kappa shape index (κ2) is 10.4. The maximum atomic E-state index is 12.9. The van der Waals surface area contributed by atoms with Crippen LogP contribution in [0.4, 0.5) is 17.1 Å². The summed E-state index contributed by atoms with van der Waals surface area (Å²) in [6.07, 6.45) is 1.64. The number of nitrogens with zero attached hydrogens (tertiary/aromatic N) is 6. The molecule has 0 bridgehead atoms. The van der Waals surface area contributed by atoms with Crippen molar-refractivity contribution in [3.63, 3.8) is 0 Å². The van der Waals surface area contributed by atoms with Crippen LogP contribution in [-0.4, -0.2) is 30.8 Å². The summed E-state index contributed by atoms with van der Waals surface area (Å²) >= 11 is 1.24. The van der Waals surface area contributed by atoms with E-state index in [0.29, 0.717) is 39.8 Å². The lowest BCUT2D eigenvalue weighted by Crippen LogP contribution is -2.22. The molecule has 36 heavy (non-hydrogen) atoms. The van der Waals surface area contributed by atoms with E-state index in [2.05, 4.69) is 32.3 Å². The van der Waals surface area contributed by atoms with Crippen LogP contribution >= 0.6 is 11.8 Å². The minimum absolute atomic E-state index is 0.116. The summed E-state index contributed by atoms with van der Waals surface area (Å²) in [5.74, 6) is 0.325. The molecule has 0 saturated carbocycles. The average molecular weight is 496 g/mol. The van der Waals surface area contributed by atoms with Gasteiger partial charge in [0.05, 0.1) is 28.0 Å². The van der Waals surface area contributed by atoms with E-state index in [1.54, 1.807) is 40.8 Å². The van der Waals surface area contributed by atoms with Gasteiger partial charge in [-0.1, -0.05) is 48.2 Å². The minimum atomic E-state index is -0.195. The van der Waals surface area contributed by atoms with E-state index in [-0.39, 0.29) is 17.2 Å². The number of azo groups is 1. The molecule has 2 heterocycles. The molecule has 178 valence electrons. The molecule has 0 unspecified atom stereocenters. The van der Waals surface area contributed by atoms with E-state index in [0.717, 1.165) is 5.69 Å². The van der Waals surface area contributed by atoms with E-state index in [1.807, 2.05) is 48.5 Å². The van der Waals surface area contributed by atoms with Crippen molar-refractivity contribution >= 4 is 51.4 Å². The van der Waals surface area contributed by atoms with Gasteiger partial charge in [-0.2, -0.15) is 10.2 Å². The predicted octanol–water partition coefficient (Wildman–Crippen LogP) is 5.38. The van der Waals surface area contributed by atoms with Crippen molar-refractivity contribution in [2.45, 2.75) is 11.7 Å². The molecule has 0 atom stereocenters. The van der Waals surface area contributed by atoms with Gasteiger partial charge in [0, 0.05) is 12.2 Å². The average Bonchev–Trinajstić information content (AvgIpc) is 3.34. The van der Waals surface area contributed by atoms with Crippen molar-refractivity contribution in [3.05, 3.63) is 102 Å². The molecule has 0 aliphatic rings. The molecule has 3 aromatic carbocycles. The maximum absolute atomic E-state index is 12.9. The normalized spacial score (nSPS) is 11.3. The van der Waals surface area contributed by atoms with E-state index >= 15 is 0 Å². The number of hydrogen-bond donors (Lipinski definition) is 1. The molecule has 0 spiro atoms. The standard InChI is InChI=1S/C26H21N7O2S/c1-2-16-32-24(35)21-10-6-7-11-22(21)33-25(32)30-31-26(33)36-17-23(34)27-18-12-14-20(15-13-18)29-28-19-8-4-3-5-9-19/h2-15H,1,16-17H2,(H,27,34). The molecule has 5 rings (SSSR count). The maximum Gasteiger partial charge on any atom is 0.263 e. The Bertz CT molecular complexity index is 1640. The highest BCUT2D eigenvalue weighted by atomic mass is 32.2. The van der Waals surface area contributed by atoms with Gasteiger partial charge in [-0.15, -0.1) is 16.8 Å². The van der Waals surface area contributed by atoms with Crippen LogP contribution in [0.3, 0.4) is 0 Å². The number of thioether (sulfide) groups is 1. The number of hydrogen-bond acceptors (Lipinski definition) is 7. The predicted molar refractivity (Wildman–Crippen MR) is 141 cm³/mol. The molecule has 0 aliphatic heterocycles. The number of rotatable bonds is 8. The van der Waals surface area contributed by atoms with Crippen LogP contribution in [0, 0.1) is 0 Å². The molecular weight excluding hydrogens is 474 g/mol. The zero-order chi connectivity index (χ0) is 24.9. The van der Waals surface area contributed by atoms with Crippen molar-refractivity contribution in [2.24, 2.45) is 10.2 Å². The monoisotopic (exact) mass is 495 g/mol. The number of carbonyl (C=O) groups excluding carboxylic acids is 1. The molecule has 9 nitrogen and oxygen atoms in total. The summed E-state index contributed by atoms with van der Waals surface area (Å²) < 4.78 is 3.31. The molecule has 10 heteroatoms. The molecule has 0 fully saturated rings. The molecule has 1 N–H and O–H groups in total. The van der Waals surface area contributed by atoms with E-state index in [4.69, 9.17) is 0 Å². The number of carbonyl (C=O) groups is 1. The van der Waals surface area contributed by atoms with E-state index in [1.165, 1.54) is 16.3 Å². The van der Waals surface area contributed by atoms with Gasteiger partial charge < -0.3 is 5.32 Å². The van der Waals surface area contributed by atoms with Crippen LogP contribution in [0.1, 0.15) is 0 Å². The lowest BCUT2D eigenvalue weighted by Gasteiger charge is -2.09. The number of para-hydroxylation sites is 1. The molecule has 2 aromatic heterocycles. The smallest absolute Gasteiger partial charge is 0.263 e. The van der Waals surface area contributed by atoms with Gasteiger partial charge in [-0.25, -0.2) is 0 Å². The number of allylic oxidation sites excluding steroid dienone is 1. The first kappa shape index (κ1) is 23.2. The third-order valence-electron chi connectivity index (χ3n) is 5.31. The Kier molecular flexibility index (Phi) is 6.67. The number of benzene rings is 3. The second-order valence-corrected chi connectivity index (χ2v) is 8.70. The highest BCUT2D eigenvalue weighted by molar-refractivity contribution is 7.99. The van der Waals surface area contributed by atoms with Gasteiger partial charge in [0.15, 0.2) is 5.16 Å². The Morgan fingerprint density at radius 3 is 2.39 bits per heavy atom. The van der Waals surface area contributed by atoms with Crippen LogP contribution in [0.25, 0.3) is 16.7 Å². The number of nitrogens with one attached hydrogen (secondary N) is 1. The van der Waals surface area contributed by atoms with Crippen molar-refractivity contribution in [3.8, 4) is 0 Å². The van der Waals surface area contributed by atoms with Crippen molar-refractivity contribution in [2.75, 3.05) is 11.1 Å². The Morgan fingerprint density at radius 1 is 0.944 bits per heavy atom. The Morgan fingerprint density at radius 2 is 1.64 bits per heavy atom. The lowest BCUT2D eigenvalue weighted by molar-refractivity contribution is -0.113. The quantitative estimate of drug-likeness (QED) is 0.177. The zero-order valence-corrected chi connectivity index (χ0v) is 19.9. The van der Waals surface area contributed by atoms with E-state index in [9.17, 15) is 9.59 Å². The van der Waals surface area contributed by atoms with Crippen molar-refractivity contribution < 1.29 is 4.79 Å². The largest absolute Gasteiger partial charge is 0.325 e. The Labute approximate surface area is 210 Å². The zero-order valence-electron chi connectivity index (χ0n) is 19.1. The first-order valence-electron chi connectivity index (χ1n) is 11.1.